The lowest BCUT2D eigenvalue weighted by Crippen LogP contribution is -2.54. The highest BCUT2D eigenvalue weighted by Crippen LogP contribution is 2.50. The smallest absolute Gasteiger partial charge is 0.430 e. The Hall–Kier alpha value is -3.45. The van der Waals surface area contributed by atoms with Gasteiger partial charge in [0.15, 0.2) is 0 Å². The Labute approximate surface area is 229 Å². The van der Waals surface area contributed by atoms with Crippen molar-refractivity contribution < 1.29 is 45.7 Å². The van der Waals surface area contributed by atoms with Gasteiger partial charge in [0, 0.05) is 34.6 Å². The van der Waals surface area contributed by atoms with Crippen molar-refractivity contribution in [2.45, 2.75) is 41.8 Å². The van der Waals surface area contributed by atoms with Crippen LogP contribution in [0.4, 0.5) is 32.0 Å². The molecule has 0 bridgehead atoms. The Kier molecular flexibility index (Phi) is 8.55. The van der Waals surface area contributed by atoms with Gasteiger partial charge >= 0.3 is 12.4 Å². The van der Waals surface area contributed by atoms with Crippen molar-refractivity contribution in [2.24, 2.45) is 0 Å². The summed E-state index contributed by atoms with van der Waals surface area (Å²) in [7, 11) is 1.48. The highest BCUT2D eigenvalue weighted by atomic mass is 32.2. The number of fused-ring (bicyclic) bond motifs is 1. The third-order valence-corrected chi connectivity index (χ3v) is 7.38. The second-order valence-corrected chi connectivity index (χ2v) is 10.0. The van der Waals surface area contributed by atoms with E-state index in [1.165, 1.54) is 23.8 Å². The maximum Gasteiger partial charge on any atom is 0.430 e. The quantitative estimate of drug-likeness (QED) is 0.274. The van der Waals surface area contributed by atoms with E-state index in [0.29, 0.717) is 23.6 Å². The number of carbonyl (C=O) groups excluding carboxylic acids is 1. The molecule has 1 unspecified atom stereocenters. The van der Waals surface area contributed by atoms with Crippen LogP contribution in [0.25, 0.3) is 0 Å². The number of rotatable bonds is 7. The summed E-state index contributed by atoms with van der Waals surface area (Å²) >= 11 is 1.20. The molecule has 3 aromatic rings. The van der Waals surface area contributed by atoms with Crippen molar-refractivity contribution in [3.05, 3.63) is 78.1 Å². The number of ether oxygens (including phenoxy) is 2. The summed E-state index contributed by atoms with van der Waals surface area (Å²) < 4.78 is 92.6. The zero-order chi connectivity index (χ0) is 29.1. The maximum absolute atomic E-state index is 13.6. The van der Waals surface area contributed by atoms with Gasteiger partial charge in [0.2, 0.25) is 5.91 Å². The van der Waals surface area contributed by atoms with E-state index in [1.807, 2.05) is 0 Å². The molecule has 0 spiro atoms. The number of benzene rings is 2. The minimum absolute atomic E-state index is 0.00905. The molecular formula is C27H24F6N2O4S. The number of carbonyl (C=O) groups is 1. The lowest BCUT2D eigenvalue weighted by atomic mass is 9.89. The van der Waals surface area contributed by atoms with E-state index in [2.05, 4.69) is 4.98 Å². The number of amides is 1. The fourth-order valence-electron chi connectivity index (χ4n) is 4.33. The zero-order valence-corrected chi connectivity index (χ0v) is 21.8. The number of pyridine rings is 1. The number of hydrogen-bond donors (Lipinski definition) is 1. The van der Waals surface area contributed by atoms with Gasteiger partial charge in [-0.25, -0.2) is 0 Å². The second-order valence-electron chi connectivity index (χ2n) is 8.98. The molecule has 0 aliphatic carbocycles. The summed E-state index contributed by atoms with van der Waals surface area (Å²) in [5.74, 6) is 0.433. The monoisotopic (exact) mass is 586 g/mol. The highest BCUT2D eigenvalue weighted by molar-refractivity contribution is 8.00. The van der Waals surface area contributed by atoms with Crippen LogP contribution in [0.5, 0.6) is 11.5 Å². The second kappa shape index (κ2) is 11.6. The van der Waals surface area contributed by atoms with Crippen LogP contribution in [-0.4, -0.2) is 53.9 Å². The van der Waals surface area contributed by atoms with Gasteiger partial charge in [0.1, 0.15) is 17.6 Å². The lowest BCUT2D eigenvalue weighted by Gasteiger charge is -2.33. The molecule has 1 aromatic heterocycles. The van der Waals surface area contributed by atoms with Crippen LogP contribution >= 0.6 is 11.8 Å². The number of alkyl halides is 6. The molecule has 0 fully saturated rings. The largest absolute Gasteiger partial charge is 0.497 e. The molecule has 1 atom stereocenters. The summed E-state index contributed by atoms with van der Waals surface area (Å²) in [4.78, 5) is 19.4. The molecule has 0 saturated heterocycles. The van der Waals surface area contributed by atoms with Crippen LogP contribution in [0.15, 0.2) is 71.9 Å². The number of hydrogen-bond acceptors (Lipinski definition) is 6. The predicted molar refractivity (Wildman–Crippen MR) is 135 cm³/mol. The van der Waals surface area contributed by atoms with Gasteiger partial charge in [0.05, 0.1) is 19.4 Å². The van der Waals surface area contributed by atoms with E-state index in [-0.39, 0.29) is 36.4 Å². The van der Waals surface area contributed by atoms with Crippen molar-refractivity contribution >= 4 is 23.4 Å². The van der Waals surface area contributed by atoms with Crippen LogP contribution in [0, 0.1) is 0 Å². The first kappa shape index (κ1) is 29.5. The molecule has 1 amide bonds. The Bertz CT molecular complexity index is 1320. The molecule has 13 heteroatoms. The molecular weight excluding hydrogens is 562 g/mol. The van der Waals surface area contributed by atoms with Gasteiger partial charge in [-0.05, 0) is 48.7 Å². The first-order chi connectivity index (χ1) is 18.8. The number of aryl methyl sites for hydroxylation is 1. The van der Waals surface area contributed by atoms with Crippen LogP contribution in [0.3, 0.4) is 0 Å². The number of aliphatic hydroxyl groups is 1. The van der Waals surface area contributed by atoms with Gasteiger partial charge in [-0.1, -0.05) is 18.2 Å². The summed E-state index contributed by atoms with van der Waals surface area (Å²) in [6, 6.07) is 12.3. The lowest BCUT2D eigenvalue weighted by molar-refractivity contribution is -0.376. The zero-order valence-electron chi connectivity index (χ0n) is 21.0. The Morgan fingerprint density at radius 3 is 2.35 bits per heavy atom. The summed E-state index contributed by atoms with van der Waals surface area (Å²) in [5.41, 5.74) is -6.27. The number of aromatic nitrogens is 1. The molecule has 1 aliphatic rings. The normalized spacial score (nSPS) is 16.2. The summed E-state index contributed by atoms with van der Waals surface area (Å²) in [6.07, 6.45) is -9.44. The molecule has 1 aliphatic heterocycles. The molecule has 0 saturated carbocycles. The third kappa shape index (κ3) is 6.15. The molecule has 214 valence electrons. The molecule has 0 radical (unpaired) electrons. The number of nitrogens with zero attached hydrogens (tertiary/aromatic N) is 2. The minimum Gasteiger partial charge on any atom is -0.497 e. The number of halogens is 6. The van der Waals surface area contributed by atoms with Gasteiger partial charge in [0.25, 0.3) is 5.60 Å². The predicted octanol–water partition coefficient (Wildman–Crippen LogP) is 5.92. The van der Waals surface area contributed by atoms with Gasteiger partial charge in [-0.3, -0.25) is 9.78 Å². The summed E-state index contributed by atoms with van der Waals surface area (Å²) in [6.45, 7) is -0.0118. The molecule has 2 aromatic carbocycles. The molecule has 40 heavy (non-hydrogen) atoms. The Balaban J connectivity index is 1.69. The molecule has 4 rings (SSSR count). The molecule has 2 heterocycles. The average molecular weight is 587 g/mol. The van der Waals surface area contributed by atoms with Gasteiger partial charge < -0.3 is 19.5 Å². The number of thioether (sulfide) groups is 1. The van der Waals surface area contributed by atoms with Crippen molar-refractivity contribution in [2.75, 3.05) is 24.3 Å². The van der Waals surface area contributed by atoms with E-state index in [9.17, 15) is 36.2 Å². The van der Waals surface area contributed by atoms with E-state index in [1.54, 1.807) is 48.8 Å². The molecule has 1 N–H and O–H groups in total. The van der Waals surface area contributed by atoms with E-state index >= 15 is 0 Å². The van der Waals surface area contributed by atoms with Crippen molar-refractivity contribution in [1.82, 2.24) is 4.98 Å². The van der Waals surface area contributed by atoms with Crippen LogP contribution in [0.2, 0.25) is 0 Å². The van der Waals surface area contributed by atoms with Crippen LogP contribution < -0.4 is 14.4 Å². The minimum atomic E-state index is -6.03. The SMILES string of the molecule is COc1cccc(OC2CCc3cc(C(O)(C(F)(F)F)C(F)(F)F)ccc3N(C(=O)CSc3ccncc3)C2)c1. The fraction of sp³-hybridized carbons (Fsp3) is 0.333. The maximum atomic E-state index is 13.6. The van der Waals surface area contributed by atoms with Crippen LogP contribution in [0.1, 0.15) is 17.5 Å². The van der Waals surface area contributed by atoms with Gasteiger partial charge in [-0.15, -0.1) is 11.8 Å². The Morgan fingerprint density at radius 2 is 1.70 bits per heavy atom. The number of methoxy groups -OCH3 is 1. The van der Waals surface area contributed by atoms with E-state index in [4.69, 9.17) is 9.47 Å². The van der Waals surface area contributed by atoms with E-state index < -0.39 is 35.5 Å². The first-order valence-corrected chi connectivity index (χ1v) is 12.9. The third-order valence-electron chi connectivity index (χ3n) is 6.39. The highest BCUT2D eigenvalue weighted by Gasteiger charge is 2.71. The average Bonchev–Trinajstić information content (AvgIpc) is 3.10. The topological polar surface area (TPSA) is 71.9 Å². The van der Waals surface area contributed by atoms with E-state index in [0.717, 1.165) is 11.0 Å². The van der Waals surface area contributed by atoms with Crippen molar-refractivity contribution in [1.29, 1.82) is 0 Å². The van der Waals surface area contributed by atoms with Crippen molar-refractivity contribution in [3.63, 3.8) is 0 Å². The van der Waals surface area contributed by atoms with Crippen molar-refractivity contribution in [3.8, 4) is 11.5 Å². The standard InChI is InChI=1S/C27H24F6N2O4S/c1-38-19-3-2-4-20(14-19)39-21-7-5-17-13-18(25(37,26(28,29)30)27(31,32)33)6-8-23(17)35(15-21)24(36)16-40-22-9-11-34-12-10-22/h2-4,6,8-14,21,37H,5,7,15-16H2,1H3. The molecule has 6 nitrogen and oxygen atoms in total. The summed E-state index contributed by atoms with van der Waals surface area (Å²) in [5, 5.41) is 9.93. The number of anilines is 1. The van der Waals surface area contributed by atoms with Crippen LogP contribution in [-0.2, 0) is 16.8 Å². The van der Waals surface area contributed by atoms with Gasteiger partial charge in [-0.2, -0.15) is 26.3 Å². The fourth-order valence-corrected chi connectivity index (χ4v) is 5.09. The Morgan fingerprint density at radius 1 is 1.02 bits per heavy atom. The first-order valence-electron chi connectivity index (χ1n) is 12.0.